The zero-order valence-electron chi connectivity index (χ0n) is 24.4. The molecular formula is C31H32F4N6O4. The fourth-order valence-electron chi connectivity index (χ4n) is 4.61. The molecule has 0 unspecified atom stereocenters. The summed E-state index contributed by atoms with van der Waals surface area (Å²) in [6, 6.07) is 15.3. The van der Waals surface area contributed by atoms with E-state index in [4.69, 9.17) is 4.74 Å². The number of hydrogen-bond donors (Lipinski definition) is 3. The zero-order valence-corrected chi connectivity index (χ0v) is 24.4. The van der Waals surface area contributed by atoms with Crippen LogP contribution in [0.1, 0.15) is 30.5 Å². The van der Waals surface area contributed by atoms with E-state index in [0.717, 1.165) is 29.8 Å². The number of aliphatic hydroxyl groups is 3. The molecule has 14 heteroatoms. The van der Waals surface area contributed by atoms with Crippen molar-refractivity contribution in [3.63, 3.8) is 0 Å². The molecule has 0 amide bonds. The average Bonchev–Trinajstić information content (AvgIpc) is 3.71. The molecule has 45 heavy (non-hydrogen) atoms. The van der Waals surface area contributed by atoms with Crippen LogP contribution in [-0.4, -0.2) is 57.1 Å². The third kappa shape index (κ3) is 8.16. The van der Waals surface area contributed by atoms with Crippen LogP contribution >= 0.6 is 0 Å². The predicted octanol–water partition coefficient (Wildman–Crippen LogP) is 3.87. The lowest BCUT2D eigenvalue weighted by Gasteiger charge is -2.34. The summed E-state index contributed by atoms with van der Waals surface area (Å²) in [6.45, 7) is 2.91. The summed E-state index contributed by atoms with van der Waals surface area (Å²) in [5, 5.41) is 39.3. The summed E-state index contributed by atoms with van der Waals surface area (Å²) >= 11 is 0. The van der Waals surface area contributed by atoms with Crippen molar-refractivity contribution in [3.05, 3.63) is 132 Å². The van der Waals surface area contributed by atoms with Crippen molar-refractivity contribution in [3.8, 4) is 0 Å². The van der Waals surface area contributed by atoms with Crippen LogP contribution in [0.3, 0.4) is 0 Å². The van der Waals surface area contributed by atoms with Crippen molar-refractivity contribution in [1.82, 2.24) is 29.5 Å². The van der Waals surface area contributed by atoms with Crippen LogP contribution < -0.4 is 0 Å². The fourth-order valence-corrected chi connectivity index (χ4v) is 4.61. The molecule has 0 aliphatic rings. The molecule has 0 bridgehead atoms. The number of aliphatic hydroxyl groups excluding tert-OH is 1. The Morgan fingerprint density at radius 3 is 1.67 bits per heavy atom. The Kier molecular flexibility index (Phi) is 10.8. The number of halogens is 4. The van der Waals surface area contributed by atoms with Crippen molar-refractivity contribution < 1.29 is 37.6 Å². The Balaban J connectivity index is 0.000000215. The van der Waals surface area contributed by atoms with Crippen molar-refractivity contribution in [2.45, 2.75) is 57.0 Å². The van der Waals surface area contributed by atoms with E-state index in [-0.39, 0.29) is 30.8 Å². The molecule has 0 fully saturated rings. The van der Waals surface area contributed by atoms with Gasteiger partial charge in [0.25, 0.3) is 0 Å². The van der Waals surface area contributed by atoms with Gasteiger partial charge in [-0.1, -0.05) is 42.5 Å². The molecule has 3 N–H and O–H groups in total. The third-order valence-corrected chi connectivity index (χ3v) is 7.24. The van der Waals surface area contributed by atoms with Gasteiger partial charge in [0, 0.05) is 23.3 Å². The maximum Gasteiger partial charge on any atom is 0.138 e. The number of nitrogens with zero attached hydrogens (tertiary/aromatic N) is 6. The molecule has 238 valence electrons. The van der Waals surface area contributed by atoms with Crippen molar-refractivity contribution in [1.29, 1.82) is 0 Å². The Morgan fingerprint density at radius 1 is 0.733 bits per heavy atom. The highest BCUT2D eigenvalue weighted by molar-refractivity contribution is 5.27. The summed E-state index contributed by atoms with van der Waals surface area (Å²) in [4.78, 5) is 7.54. The number of hydrogen-bond acceptors (Lipinski definition) is 8. The molecule has 0 spiro atoms. The van der Waals surface area contributed by atoms with Crippen molar-refractivity contribution >= 4 is 0 Å². The molecule has 5 rings (SSSR count). The first kappa shape index (κ1) is 33.4. The van der Waals surface area contributed by atoms with Crippen molar-refractivity contribution in [2.24, 2.45) is 0 Å². The number of benzene rings is 3. The van der Waals surface area contributed by atoms with E-state index >= 15 is 0 Å². The van der Waals surface area contributed by atoms with E-state index in [1.165, 1.54) is 47.7 Å². The molecule has 2 heterocycles. The average molecular weight is 629 g/mol. The molecule has 3 aromatic carbocycles. The van der Waals surface area contributed by atoms with Crippen LogP contribution in [0.2, 0.25) is 0 Å². The minimum atomic E-state index is -1.93. The second-order valence-corrected chi connectivity index (χ2v) is 10.4. The Hall–Kier alpha value is -4.50. The fraction of sp³-hybridized carbons (Fsp3) is 0.290. The van der Waals surface area contributed by atoms with Gasteiger partial charge in [0.1, 0.15) is 59.8 Å². The summed E-state index contributed by atoms with van der Waals surface area (Å²) in [5.41, 5.74) is -3.03. The summed E-state index contributed by atoms with van der Waals surface area (Å²) in [6.07, 6.45) is 3.23. The van der Waals surface area contributed by atoms with Crippen LogP contribution in [0.4, 0.5) is 17.6 Å². The molecule has 0 aliphatic carbocycles. The van der Waals surface area contributed by atoms with Crippen LogP contribution in [0, 0.1) is 23.3 Å². The Labute approximate surface area is 256 Å². The molecule has 10 nitrogen and oxygen atoms in total. The quantitative estimate of drug-likeness (QED) is 0.188. The number of aromatic nitrogens is 6. The topological polar surface area (TPSA) is 131 Å². The van der Waals surface area contributed by atoms with Gasteiger partial charge in [0.05, 0.1) is 31.9 Å². The van der Waals surface area contributed by atoms with Gasteiger partial charge >= 0.3 is 0 Å². The van der Waals surface area contributed by atoms with Gasteiger partial charge < -0.3 is 20.1 Å². The maximum absolute atomic E-state index is 14.4. The monoisotopic (exact) mass is 628 g/mol. The highest BCUT2D eigenvalue weighted by atomic mass is 19.1. The molecule has 4 atom stereocenters. The second-order valence-electron chi connectivity index (χ2n) is 10.4. The largest absolute Gasteiger partial charge is 0.390 e. The Bertz CT molecular complexity index is 1640. The SMILES string of the molecule is C[C@@H](O)[C@@](O)(Cn1cncn1)c1ccc(F)cc1F.C[C@@H](OCc1ccccc1)[C@@](O)(Cn1cncn1)c1ccc(F)cc1F. The number of ether oxygens (including phenoxy) is 1. The summed E-state index contributed by atoms with van der Waals surface area (Å²) in [7, 11) is 0. The van der Waals surface area contributed by atoms with Gasteiger partial charge in [-0.25, -0.2) is 36.9 Å². The standard InChI is InChI=1S/C19H19F2N3O2.C12H13F2N3O2/c1-14(26-10-15-5-3-2-4-6-15)19(25,11-24-13-22-12-23-24)17-8-7-16(20)9-18(17)21;1-8(18)12(19,5-17-7-15-6-16-17)10-3-2-9(13)4-11(10)14/h2-9,12-14,25H,10-11H2,1H3;2-4,6-8,18-19H,5H2,1H3/t14-,19+;8-,12+/m11/s1. The van der Waals surface area contributed by atoms with Crippen LogP contribution in [0.25, 0.3) is 0 Å². The molecule has 0 aliphatic heterocycles. The van der Waals surface area contributed by atoms with E-state index in [1.54, 1.807) is 6.92 Å². The summed E-state index contributed by atoms with van der Waals surface area (Å²) in [5.74, 6) is -3.24. The third-order valence-electron chi connectivity index (χ3n) is 7.24. The molecule has 0 radical (unpaired) electrons. The molecule has 5 aromatic rings. The first-order valence-corrected chi connectivity index (χ1v) is 13.8. The predicted molar refractivity (Wildman–Crippen MR) is 153 cm³/mol. The lowest BCUT2D eigenvalue weighted by molar-refractivity contribution is -0.124. The summed E-state index contributed by atoms with van der Waals surface area (Å²) < 4.78 is 62.8. The zero-order chi connectivity index (χ0) is 32.6. The van der Waals surface area contributed by atoms with Gasteiger partial charge in [0.15, 0.2) is 0 Å². The van der Waals surface area contributed by atoms with Crippen LogP contribution in [0.5, 0.6) is 0 Å². The first-order chi connectivity index (χ1) is 21.4. The van der Waals surface area contributed by atoms with Crippen LogP contribution in [0.15, 0.2) is 92.0 Å². The van der Waals surface area contributed by atoms with Gasteiger partial charge in [-0.05, 0) is 31.5 Å². The lowest BCUT2D eigenvalue weighted by Crippen LogP contribution is -2.44. The first-order valence-electron chi connectivity index (χ1n) is 13.8. The lowest BCUT2D eigenvalue weighted by atomic mass is 9.88. The maximum atomic E-state index is 14.4. The molecule has 2 aromatic heterocycles. The second kappa shape index (κ2) is 14.5. The molecule has 0 saturated heterocycles. The Morgan fingerprint density at radius 2 is 1.22 bits per heavy atom. The highest BCUT2D eigenvalue weighted by Crippen LogP contribution is 2.32. The molecule has 0 saturated carbocycles. The van der Waals surface area contributed by atoms with Crippen LogP contribution in [-0.2, 0) is 35.6 Å². The van der Waals surface area contributed by atoms with Crippen molar-refractivity contribution in [2.75, 3.05) is 0 Å². The normalized spacial score (nSPS) is 15.3. The van der Waals surface area contributed by atoms with E-state index in [2.05, 4.69) is 20.2 Å². The van der Waals surface area contributed by atoms with Gasteiger partial charge in [-0.2, -0.15) is 10.2 Å². The van der Waals surface area contributed by atoms with E-state index in [1.807, 2.05) is 30.3 Å². The smallest absolute Gasteiger partial charge is 0.138 e. The minimum Gasteiger partial charge on any atom is -0.390 e. The van der Waals surface area contributed by atoms with E-state index < -0.39 is 46.7 Å². The number of rotatable bonds is 11. The van der Waals surface area contributed by atoms with E-state index in [0.29, 0.717) is 6.07 Å². The molecular weight excluding hydrogens is 596 g/mol. The van der Waals surface area contributed by atoms with E-state index in [9.17, 15) is 32.9 Å². The van der Waals surface area contributed by atoms with Gasteiger partial charge in [-0.15, -0.1) is 0 Å². The highest BCUT2D eigenvalue weighted by Gasteiger charge is 2.40. The minimum absolute atomic E-state index is 0.0602. The van der Waals surface area contributed by atoms with Gasteiger partial charge in [-0.3, -0.25) is 0 Å². The van der Waals surface area contributed by atoms with Gasteiger partial charge in [0.2, 0.25) is 0 Å².